The largest absolute Gasteiger partial charge is 0.360 e. The number of amides is 1. The molecular weight excluding hydrogens is 314 g/mol. The quantitative estimate of drug-likeness (QED) is 0.671. The van der Waals surface area contributed by atoms with Gasteiger partial charge in [-0.1, -0.05) is 36.4 Å². The molecule has 1 aromatic heterocycles. The van der Waals surface area contributed by atoms with Gasteiger partial charge in [0.05, 0.1) is 0 Å². The molecule has 2 aromatic carbocycles. The van der Waals surface area contributed by atoms with Gasteiger partial charge in [-0.2, -0.15) is 0 Å². The Morgan fingerprint density at radius 3 is 2.56 bits per heavy atom. The number of fused-ring (bicyclic) bond motifs is 1. The van der Waals surface area contributed by atoms with E-state index in [9.17, 15) is 9.59 Å². The molecule has 0 unspecified atom stereocenters. The summed E-state index contributed by atoms with van der Waals surface area (Å²) in [6.07, 6.45) is 1.47. The maximum atomic E-state index is 12.4. The normalized spacial score (nSPS) is 12.1. The van der Waals surface area contributed by atoms with Crippen molar-refractivity contribution in [2.75, 3.05) is 7.05 Å². The van der Waals surface area contributed by atoms with Gasteiger partial charge in [-0.05, 0) is 37.2 Å². The number of benzene rings is 2. The Morgan fingerprint density at radius 2 is 1.84 bits per heavy atom. The lowest BCUT2D eigenvalue weighted by Crippen LogP contribution is -2.28. The lowest BCUT2D eigenvalue weighted by molar-refractivity contribution is 0.0949. The number of aromatic amines is 1. The third-order valence-corrected chi connectivity index (χ3v) is 4.40. The summed E-state index contributed by atoms with van der Waals surface area (Å²) in [5, 5.41) is 6.51. The van der Waals surface area contributed by atoms with Crippen molar-refractivity contribution >= 4 is 16.8 Å². The maximum absolute atomic E-state index is 12.4. The van der Waals surface area contributed by atoms with Gasteiger partial charge in [-0.25, -0.2) is 0 Å². The maximum Gasteiger partial charge on any atom is 0.257 e. The van der Waals surface area contributed by atoms with Crippen LogP contribution in [0.25, 0.3) is 10.9 Å². The predicted octanol–water partition coefficient (Wildman–Crippen LogP) is 2.74. The smallest absolute Gasteiger partial charge is 0.257 e. The molecule has 1 heterocycles. The van der Waals surface area contributed by atoms with E-state index in [0.717, 1.165) is 11.1 Å². The summed E-state index contributed by atoms with van der Waals surface area (Å²) in [5.74, 6) is -0.375. The van der Waals surface area contributed by atoms with Crippen LogP contribution in [0.1, 0.15) is 34.5 Å². The summed E-state index contributed by atoms with van der Waals surface area (Å²) in [6, 6.07) is 15.5. The van der Waals surface area contributed by atoms with E-state index in [1.807, 2.05) is 43.4 Å². The Hall–Kier alpha value is -2.92. The van der Waals surface area contributed by atoms with Crippen molar-refractivity contribution in [1.29, 1.82) is 0 Å². The van der Waals surface area contributed by atoms with Crippen molar-refractivity contribution in [2.24, 2.45) is 0 Å². The third kappa shape index (κ3) is 3.61. The highest BCUT2D eigenvalue weighted by Crippen LogP contribution is 2.13. The number of hydrogen-bond donors (Lipinski definition) is 3. The molecule has 0 aliphatic rings. The fraction of sp³-hybridized carbons (Fsp3) is 0.200. The van der Waals surface area contributed by atoms with E-state index in [1.54, 1.807) is 12.1 Å². The topological polar surface area (TPSA) is 74.0 Å². The Morgan fingerprint density at radius 1 is 1.12 bits per heavy atom. The first kappa shape index (κ1) is 16.9. The van der Waals surface area contributed by atoms with Crippen molar-refractivity contribution in [1.82, 2.24) is 15.6 Å². The number of H-pyrrole nitrogens is 1. The zero-order chi connectivity index (χ0) is 17.8. The molecule has 1 amide bonds. The highest BCUT2D eigenvalue weighted by molar-refractivity contribution is 5.97. The van der Waals surface area contributed by atoms with Crippen LogP contribution < -0.4 is 16.1 Å². The van der Waals surface area contributed by atoms with Crippen molar-refractivity contribution in [3.05, 3.63) is 81.6 Å². The Kier molecular flexibility index (Phi) is 4.95. The molecule has 0 aliphatic heterocycles. The monoisotopic (exact) mass is 335 g/mol. The van der Waals surface area contributed by atoms with Gasteiger partial charge in [0.2, 0.25) is 5.43 Å². The molecule has 0 bridgehead atoms. The van der Waals surface area contributed by atoms with Gasteiger partial charge in [0.15, 0.2) is 0 Å². The van der Waals surface area contributed by atoms with E-state index in [4.69, 9.17) is 0 Å². The lowest BCUT2D eigenvalue weighted by Gasteiger charge is -2.11. The molecule has 0 fully saturated rings. The van der Waals surface area contributed by atoms with E-state index >= 15 is 0 Å². The summed E-state index contributed by atoms with van der Waals surface area (Å²) in [7, 11) is 1.92. The molecule has 0 saturated heterocycles. The minimum Gasteiger partial charge on any atom is -0.360 e. The SMILES string of the molecule is CN[C@@H](C)c1ccc(CNC(=O)c2c[nH]c3ccccc3c2=O)cc1. The minimum absolute atomic E-state index is 0.124. The fourth-order valence-electron chi connectivity index (χ4n) is 2.70. The average molecular weight is 335 g/mol. The highest BCUT2D eigenvalue weighted by atomic mass is 16.2. The summed E-state index contributed by atoms with van der Waals surface area (Å²) < 4.78 is 0. The molecule has 1 atom stereocenters. The van der Waals surface area contributed by atoms with E-state index in [1.165, 1.54) is 11.8 Å². The Balaban J connectivity index is 1.73. The molecular formula is C20H21N3O2. The van der Waals surface area contributed by atoms with Gasteiger partial charge in [0.25, 0.3) is 5.91 Å². The van der Waals surface area contributed by atoms with E-state index in [0.29, 0.717) is 11.9 Å². The van der Waals surface area contributed by atoms with Gasteiger partial charge in [-0.3, -0.25) is 9.59 Å². The number of carbonyl (C=O) groups excluding carboxylic acids is 1. The second kappa shape index (κ2) is 7.32. The number of carbonyl (C=O) groups is 1. The number of pyridine rings is 1. The first-order valence-electron chi connectivity index (χ1n) is 8.25. The van der Waals surface area contributed by atoms with Crippen LogP contribution in [0.2, 0.25) is 0 Å². The van der Waals surface area contributed by atoms with Gasteiger partial charge in [0.1, 0.15) is 5.56 Å². The Labute approximate surface area is 146 Å². The van der Waals surface area contributed by atoms with Crippen LogP contribution in [0.5, 0.6) is 0 Å². The van der Waals surface area contributed by atoms with Crippen molar-refractivity contribution in [3.8, 4) is 0 Å². The third-order valence-electron chi connectivity index (χ3n) is 4.40. The van der Waals surface area contributed by atoms with Crippen LogP contribution in [0.4, 0.5) is 0 Å². The van der Waals surface area contributed by atoms with Crippen molar-refractivity contribution in [3.63, 3.8) is 0 Å². The van der Waals surface area contributed by atoms with Crippen LogP contribution in [-0.4, -0.2) is 17.9 Å². The number of aromatic nitrogens is 1. The molecule has 25 heavy (non-hydrogen) atoms. The highest BCUT2D eigenvalue weighted by Gasteiger charge is 2.12. The second-order valence-corrected chi connectivity index (χ2v) is 6.01. The molecule has 5 heteroatoms. The van der Waals surface area contributed by atoms with Crippen LogP contribution >= 0.6 is 0 Å². The molecule has 0 spiro atoms. The molecule has 3 N–H and O–H groups in total. The minimum atomic E-state index is -0.375. The average Bonchev–Trinajstić information content (AvgIpc) is 2.66. The summed E-state index contributed by atoms with van der Waals surface area (Å²) in [5.41, 5.74) is 2.75. The molecule has 3 aromatic rings. The van der Waals surface area contributed by atoms with Gasteiger partial charge >= 0.3 is 0 Å². The van der Waals surface area contributed by atoms with Gasteiger partial charge in [-0.15, -0.1) is 0 Å². The summed E-state index contributed by atoms with van der Waals surface area (Å²) in [6.45, 7) is 2.46. The summed E-state index contributed by atoms with van der Waals surface area (Å²) >= 11 is 0. The fourth-order valence-corrected chi connectivity index (χ4v) is 2.70. The van der Waals surface area contributed by atoms with E-state index in [-0.39, 0.29) is 22.9 Å². The number of hydrogen-bond acceptors (Lipinski definition) is 3. The van der Waals surface area contributed by atoms with Gasteiger partial charge in [0, 0.05) is 29.7 Å². The van der Waals surface area contributed by atoms with E-state index < -0.39 is 0 Å². The molecule has 128 valence electrons. The second-order valence-electron chi connectivity index (χ2n) is 6.01. The van der Waals surface area contributed by atoms with Crippen molar-refractivity contribution < 1.29 is 4.79 Å². The number of nitrogens with one attached hydrogen (secondary N) is 3. The molecule has 0 radical (unpaired) electrons. The van der Waals surface area contributed by atoms with Crippen molar-refractivity contribution in [2.45, 2.75) is 19.5 Å². The van der Waals surface area contributed by atoms with E-state index in [2.05, 4.69) is 22.5 Å². The standard InChI is InChI=1S/C20H21N3O2/c1-13(21-2)15-9-7-14(8-10-15)11-23-20(25)17-12-22-18-6-4-3-5-16(18)19(17)24/h3-10,12-13,21H,11H2,1-2H3,(H,22,24)(H,23,25)/t13-/m0/s1. The van der Waals surface area contributed by atoms with Crippen LogP contribution in [0, 0.1) is 0 Å². The zero-order valence-corrected chi connectivity index (χ0v) is 14.3. The molecule has 0 saturated carbocycles. The van der Waals surface area contributed by atoms with Crippen LogP contribution in [0.3, 0.4) is 0 Å². The summed E-state index contributed by atoms with van der Waals surface area (Å²) in [4.78, 5) is 27.8. The zero-order valence-electron chi connectivity index (χ0n) is 14.3. The predicted molar refractivity (Wildman–Crippen MR) is 99.7 cm³/mol. The lowest BCUT2D eigenvalue weighted by atomic mass is 10.1. The first-order valence-corrected chi connectivity index (χ1v) is 8.25. The molecule has 3 rings (SSSR count). The number of para-hydroxylation sites is 1. The van der Waals surface area contributed by atoms with Gasteiger partial charge < -0.3 is 15.6 Å². The number of rotatable bonds is 5. The van der Waals surface area contributed by atoms with Crippen LogP contribution in [-0.2, 0) is 6.54 Å². The first-order chi connectivity index (χ1) is 12.1. The Bertz CT molecular complexity index is 945. The molecule has 5 nitrogen and oxygen atoms in total. The molecule has 0 aliphatic carbocycles. The van der Waals surface area contributed by atoms with Crippen LogP contribution in [0.15, 0.2) is 59.5 Å².